The molecule has 0 saturated carbocycles. The number of halogens is 2. The molecule has 2 nitrogen and oxygen atoms in total. The zero-order chi connectivity index (χ0) is 15.2. The third-order valence-electron chi connectivity index (χ3n) is 3.41. The Hall–Kier alpha value is -1.39. The molecule has 21 heavy (non-hydrogen) atoms. The summed E-state index contributed by atoms with van der Waals surface area (Å²) in [6.07, 6.45) is 0.727. The molecule has 4 heteroatoms. The van der Waals surface area contributed by atoms with Crippen LogP contribution >= 0.6 is 15.9 Å². The third kappa shape index (κ3) is 4.05. The van der Waals surface area contributed by atoms with E-state index >= 15 is 0 Å². The van der Waals surface area contributed by atoms with Crippen molar-refractivity contribution in [2.24, 2.45) is 0 Å². The van der Waals surface area contributed by atoms with Crippen LogP contribution in [0.3, 0.4) is 0 Å². The minimum absolute atomic E-state index is 0.0547. The second-order valence-corrected chi connectivity index (χ2v) is 5.66. The van der Waals surface area contributed by atoms with Gasteiger partial charge in [-0.3, -0.25) is 0 Å². The maximum Gasteiger partial charge on any atom is 0.142 e. The number of hydrogen-bond donors (Lipinski definition) is 1. The SMILES string of the molecule is CCNC(Cc1ccc(OC)cc1)c1cccc(Br)c1F. The second kappa shape index (κ2) is 7.57. The van der Waals surface area contributed by atoms with E-state index < -0.39 is 0 Å². The van der Waals surface area contributed by atoms with E-state index in [9.17, 15) is 4.39 Å². The van der Waals surface area contributed by atoms with Gasteiger partial charge in [0.25, 0.3) is 0 Å². The van der Waals surface area contributed by atoms with Gasteiger partial charge in [0.1, 0.15) is 11.6 Å². The first kappa shape index (κ1) is 16.0. The third-order valence-corrected chi connectivity index (χ3v) is 4.02. The van der Waals surface area contributed by atoms with E-state index in [4.69, 9.17) is 4.74 Å². The van der Waals surface area contributed by atoms with Crippen LogP contribution in [-0.4, -0.2) is 13.7 Å². The fourth-order valence-electron chi connectivity index (χ4n) is 2.33. The molecule has 0 fully saturated rings. The van der Waals surface area contributed by atoms with Crippen molar-refractivity contribution in [1.82, 2.24) is 5.32 Å². The van der Waals surface area contributed by atoms with Crippen molar-refractivity contribution in [2.45, 2.75) is 19.4 Å². The average molecular weight is 352 g/mol. The first-order valence-corrected chi connectivity index (χ1v) is 7.75. The Kier molecular flexibility index (Phi) is 5.76. The Morgan fingerprint density at radius 2 is 1.90 bits per heavy atom. The Morgan fingerprint density at radius 3 is 2.52 bits per heavy atom. The van der Waals surface area contributed by atoms with E-state index in [1.54, 1.807) is 13.2 Å². The molecule has 0 bridgehead atoms. The van der Waals surface area contributed by atoms with Crippen molar-refractivity contribution >= 4 is 15.9 Å². The highest BCUT2D eigenvalue weighted by Crippen LogP contribution is 2.26. The molecule has 0 aromatic heterocycles. The van der Waals surface area contributed by atoms with Crippen LogP contribution in [0.15, 0.2) is 46.9 Å². The lowest BCUT2D eigenvalue weighted by molar-refractivity contribution is 0.414. The molecule has 0 aliphatic rings. The lowest BCUT2D eigenvalue weighted by Gasteiger charge is -2.20. The van der Waals surface area contributed by atoms with Crippen molar-refractivity contribution in [3.05, 3.63) is 63.9 Å². The number of ether oxygens (including phenoxy) is 1. The van der Waals surface area contributed by atoms with Crippen LogP contribution in [0.2, 0.25) is 0 Å². The summed E-state index contributed by atoms with van der Waals surface area (Å²) in [4.78, 5) is 0. The van der Waals surface area contributed by atoms with Gasteiger partial charge in [-0.25, -0.2) is 4.39 Å². The topological polar surface area (TPSA) is 21.3 Å². The Morgan fingerprint density at radius 1 is 1.19 bits per heavy atom. The molecule has 1 atom stereocenters. The summed E-state index contributed by atoms with van der Waals surface area (Å²) in [5, 5.41) is 3.35. The zero-order valence-electron chi connectivity index (χ0n) is 12.2. The first-order chi connectivity index (χ1) is 10.2. The molecule has 0 aliphatic carbocycles. The maximum absolute atomic E-state index is 14.3. The fourth-order valence-corrected chi connectivity index (χ4v) is 2.71. The highest BCUT2D eigenvalue weighted by atomic mass is 79.9. The van der Waals surface area contributed by atoms with Gasteiger partial charge < -0.3 is 10.1 Å². The van der Waals surface area contributed by atoms with Crippen LogP contribution in [-0.2, 0) is 6.42 Å². The molecule has 0 radical (unpaired) electrons. The van der Waals surface area contributed by atoms with Crippen molar-refractivity contribution in [1.29, 1.82) is 0 Å². The summed E-state index contributed by atoms with van der Waals surface area (Å²) in [6, 6.07) is 13.2. The molecule has 0 spiro atoms. The predicted octanol–water partition coefficient (Wildman–Crippen LogP) is 4.49. The summed E-state index contributed by atoms with van der Waals surface area (Å²) < 4.78 is 19.9. The summed E-state index contributed by atoms with van der Waals surface area (Å²) in [6.45, 7) is 2.81. The Bertz CT molecular complexity index is 586. The smallest absolute Gasteiger partial charge is 0.142 e. The van der Waals surface area contributed by atoms with Crippen LogP contribution in [0, 0.1) is 5.82 Å². The molecule has 2 aromatic carbocycles. The molecule has 1 N–H and O–H groups in total. The largest absolute Gasteiger partial charge is 0.497 e. The molecule has 2 rings (SSSR count). The van der Waals surface area contributed by atoms with Gasteiger partial charge in [0.2, 0.25) is 0 Å². The fraction of sp³-hybridized carbons (Fsp3) is 0.294. The van der Waals surface area contributed by atoms with Crippen molar-refractivity contribution in [2.75, 3.05) is 13.7 Å². The van der Waals surface area contributed by atoms with Gasteiger partial charge >= 0.3 is 0 Å². The van der Waals surface area contributed by atoms with E-state index in [1.165, 1.54) is 0 Å². The second-order valence-electron chi connectivity index (χ2n) is 4.81. The first-order valence-electron chi connectivity index (χ1n) is 6.96. The number of nitrogens with one attached hydrogen (secondary N) is 1. The van der Waals surface area contributed by atoms with Crippen molar-refractivity contribution in [3.63, 3.8) is 0 Å². The summed E-state index contributed by atoms with van der Waals surface area (Å²) in [5.74, 6) is 0.629. The van der Waals surface area contributed by atoms with E-state index in [-0.39, 0.29) is 11.9 Å². The Balaban J connectivity index is 2.24. The number of benzene rings is 2. The maximum atomic E-state index is 14.3. The molecule has 112 valence electrons. The van der Waals surface area contributed by atoms with E-state index in [0.717, 1.165) is 24.3 Å². The van der Waals surface area contributed by atoms with Crippen LogP contribution in [0.4, 0.5) is 4.39 Å². The predicted molar refractivity (Wildman–Crippen MR) is 87.2 cm³/mol. The van der Waals surface area contributed by atoms with Gasteiger partial charge in [-0.1, -0.05) is 31.2 Å². The lowest BCUT2D eigenvalue weighted by Crippen LogP contribution is -2.24. The van der Waals surface area contributed by atoms with Crippen molar-refractivity contribution in [3.8, 4) is 5.75 Å². The summed E-state index contributed by atoms with van der Waals surface area (Å²) in [5.41, 5.74) is 1.82. The molecule has 0 heterocycles. The van der Waals surface area contributed by atoms with E-state index in [1.807, 2.05) is 43.3 Å². The lowest BCUT2D eigenvalue weighted by atomic mass is 9.98. The molecule has 0 amide bonds. The molecule has 2 aromatic rings. The monoisotopic (exact) mass is 351 g/mol. The molecule has 0 aliphatic heterocycles. The zero-order valence-corrected chi connectivity index (χ0v) is 13.8. The van der Waals surface area contributed by atoms with Gasteiger partial charge in [-0.05, 0) is 52.7 Å². The number of methoxy groups -OCH3 is 1. The highest BCUT2D eigenvalue weighted by Gasteiger charge is 2.17. The van der Waals surface area contributed by atoms with Crippen LogP contribution in [0.5, 0.6) is 5.75 Å². The van der Waals surface area contributed by atoms with Gasteiger partial charge in [0.05, 0.1) is 11.6 Å². The van der Waals surface area contributed by atoms with Crippen molar-refractivity contribution < 1.29 is 9.13 Å². The van der Waals surface area contributed by atoms with Gasteiger partial charge in [-0.15, -0.1) is 0 Å². The molecular formula is C17H19BrFNO. The molecule has 0 saturated heterocycles. The number of likely N-dealkylation sites (N-methyl/N-ethyl adjacent to an activating group) is 1. The quantitative estimate of drug-likeness (QED) is 0.827. The number of hydrogen-bond acceptors (Lipinski definition) is 2. The normalized spacial score (nSPS) is 12.2. The minimum atomic E-state index is -0.197. The van der Waals surface area contributed by atoms with Crippen LogP contribution < -0.4 is 10.1 Å². The van der Waals surface area contributed by atoms with E-state index in [0.29, 0.717) is 10.0 Å². The standard InChI is InChI=1S/C17H19BrFNO/c1-3-20-16(14-5-4-6-15(18)17(14)19)11-12-7-9-13(21-2)10-8-12/h4-10,16,20H,3,11H2,1-2H3. The molecule has 1 unspecified atom stereocenters. The van der Waals surface area contributed by atoms with Crippen LogP contribution in [0.25, 0.3) is 0 Å². The van der Waals surface area contributed by atoms with Gasteiger partial charge in [0.15, 0.2) is 0 Å². The van der Waals surface area contributed by atoms with E-state index in [2.05, 4.69) is 21.2 Å². The highest BCUT2D eigenvalue weighted by molar-refractivity contribution is 9.10. The number of rotatable bonds is 6. The average Bonchev–Trinajstić information content (AvgIpc) is 2.50. The summed E-state index contributed by atoms with van der Waals surface area (Å²) in [7, 11) is 1.65. The Labute approximate surface area is 133 Å². The minimum Gasteiger partial charge on any atom is -0.497 e. The van der Waals surface area contributed by atoms with Crippen LogP contribution in [0.1, 0.15) is 24.1 Å². The molecular weight excluding hydrogens is 333 g/mol. The summed E-state index contributed by atoms with van der Waals surface area (Å²) >= 11 is 3.25. The van der Waals surface area contributed by atoms with Gasteiger partial charge in [0, 0.05) is 11.6 Å². The van der Waals surface area contributed by atoms with Gasteiger partial charge in [-0.2, -0.15) is 0 Å².